The highest BCUT2D eigenvalue weighted by Gasteiger charge is 2.41. The Kier molecular flexibility index (Phi) is 7.49. The number of aryl methyl sites for hydroxylation is 2. The van der Waals surface area contributed by atoms with Crippen molar-refractivity contribution < 1.29 is 4.79 Å². The first-order valence-corrected chi connectivity index (χ1v) is 13.4. The number of rotatable bonds is 7. The van der Waals surface area contributed by atoms with Gasteiger partial charge in [0, 0.05) is 46.9 Å². The van der Waals surface area contributed by atoms with E-state index in [1.54, 1.807) is 6.20 Å². The predicted molar refractivity (Wildman–Crippen MR) is 157 cm³/mol. The van der Waals surface area contributed by atoms with Crippen LogP contribution in [0.5, 0.6) is 0 Å². The Morgan fingerprint density at radius 1 is 1.05 bits per heavy atom. The largest absolute Gasteiger partial charge is 0.352 e. The van der Waals surface area contributed by atoms with E-state index in [-0.39, 0.29) is 18.0 Å². The van der Waals surface area contributed by atoms with Crippen LogP contribution in [0.15, 0.2) is 79.0 Å². The highest BCUT2D eigenvalue weighted by molar-refractivity contribution is 7.80. The maximum atomic E-state index is 12.9. The van der Waals surface area contributed by atoms with Gasteiger partial charge in [0.15, 0.2) is 5.11 Å². The topological polar surface area (TPSA) is 62.2 Å². The molecule has 1 aliphatic heterocycles. The zero-order chi connectivity index (χ0) is 26.8. The molecule has 38 heavy (non-hydrogen) atoms. The van der Waals surface area contributed by atoms with E-state index in [9.17, 15) is 4.79 Å². The van der Waals surface area contributed by atoms with Crippen LogP contribution in [0.3, 0.4) is 0 Å². The van der Waals surface area contributed by atoms with Gasteiger partial charge in [-0.2, -0.15) is 0 Å². The summed E-state index contributed by atoms with van der Waals surface area (Å²) in [6.07, 6.45) is 2.10. The van der Waals surface area contributed by atoms with Crippen LogP contribution < -0.4 is 10.6 Å². The van der Waals surface area contributed by atoms with E-state index < -0.39 is 0 Å². The number of nitrogens with one attached hydrogen (secondary N) is 2. The third-order valence-corrected chi connectivity index (χ3v) is 7.67. The van der Waals surface area contributed by atoms with Crippen LogP contribution in [0.1, 0.15) is 46.7 Å². The molecule has 0 aliphatic carbocycles. The molecule has 1 aliphatic rings. The van der Waals surface area contributed by atoms with Gasteiger partial charge >= 0.3 is 0 Å². The first-order valence-electron chi connectivity index (χ1n) is 12.6. The van der Waals surface area contributed by atoms with Crippen LogP contribution in [0.4, 0.5) is 5.69 Å². The molecule has 0 spiro atoms. The number of carbonyl (C=O) groups is 1. The number of carbonyl (C=O) groups excluding carboxylic acids is 1. The molecule has 0 radical (unpaired) electrons. The van der Waals surface area contributed by atoms with Crippen molar-refractivity contribution in [3.8, 4) is 5.69 Å². The number of hydrogen-bond acceptors (Lipinski definition) is 3. The lowest BCUT2D eigenvalue weighted by Crippen LogP contribution is -2.33. The molecular weight excluding hydrogens is 514 g/mol. The number of hydrogen-bond donors (Lipinski definition) is 2. The van der Waals surface area contributed by atoms with Crippen LogP contribution in [-0.4, -0.2) is 32.0 Å². The molecule has 2 N–H and O–H groups in total. The van der Waals surface area contributed by atoms with E-state index in [2.05, 4.69) is 45.0 Å². The lowest BCUT2D eigenvalue weighted by molar-refractivity contribution is -0.116. The molecular formula is C30H30ClN5OS. The van der Waals surface area contributed by atoms with E-state index in [0.717, 1.165) is 39.6 Å². The number of nitrogens with zero attached hydrogens (tertiary/aromatic N) is 3. The summed E-state index contributed by atoms with van der Waals surface area (Å²) in [6, 6.07) is 23.5. The van der Waals surface area contributed by atoms with E-state index in [0.29, 0.717) is 23.1 Å². The van der Waals surface area contributed by atoms with Crippen LogP contribution in [0, 0.1) is 20.8 Å². The Hall–Kier alpha value is -3.68. The lowest BCUT2D eigenvalue weighted by Gasteiger charge is -2.28. The number of aromatic nitrogens is 2. The van der Waals surface area contributed by atoms with Gasteiger partial charge in [-0.3, -0.25) is 9.78 Å². The lowest BCUT2D eigenvalue weighted by atomic mass is 9.96. The van der Waals surface area contributed by atoms with Crippen molar-refractivity contribution in [2.45, 2.75) is 39.3 Å². The third kappa shape index (κ3) is 5.17. The van der Waals surface area contributed by atoms with Crippen molar-refractivity contribution in [2.75, 3.05) is 11.9 Å². The number of thiocarbonyl (C=S) groups is 1. The van der Waals surface area contributed by atoms with Gasteiger partial charge in [-0.25, -0.2) is 0 Å². The van der Waals surface area contributed by atoms with E-state index >= 15 is 0 Å². The average Bonchev–Trinajstić information content (AvgIpc) is 3.39. The fourth-order valence-electron chi connectivity index (χ4n) is 5.21. The molecule has 1 saturated heterocycles. The van der Waals surface area contributed by atoms with Crippen molar-refractivity contribution in [3.63, 3.8) is 0 Å². The molecule has 0 bridgehead atoms. The van der Waals surface area contributed by atoms with Crippen LogP contribution in [-0.2, 0) is 4.79 Å². The summed E-state index contributed by atoms with van der Waals surface area (Å²) in [7, 11) is 0. The number of halogens is 1. The second-order valence-electron chi connectivity index (χ2n) is 9.57. The van der Waals surface area contributed by atoms with E-state index in [1.165, 1.54) is 0 Å². The molecule has 6 nitrogen and oxygen atoms in total. The molecule has 4 aromatic rings. The molecule has 194 valence electrons. The number of pyridine rings is 1. The smallest absolute Gasteiger partial charge is 0.226 e. The molecule has 2 aromatic carbocycles. The Labute approximate surface area is 233 Å². The maximum Gasteiger partial charge on any atom is 0.226 e. The van der Waals surface area contributed by atoms with Gasteiger partial charge in [-0.05, 0) is 92.6 Å². The van der Waals surface area contributed by atoms with Gasteiger partial charge in [-0.15, -0.1) is 0 Å². The highest BCUT2D eigenvalue weighted by atomic mass is 35.5. The summed E-state index contributed by atoms with van der Waals surface area (Å²) in [5.74, 6) is -0.0474. The molecule has 1 amide bonds. The minimum Gasteiger partial charge on any atom is -0.352 e. The van der Waals surface area contributed by atoms with Crippen molar-refractivity contribution in [2.24, 2.45) is 0 Å². The SMILES string of the molecule is Cc1ccccc1NC(=O)CCN1C(=S)N[C@@H](c2ccccn2)[C@@H]1c1cc(C)n(-c2ccc(Cl)cc2)c1C. The molecule has 2 atom stereocenters. The molecule has 8 heteroatoms. The summed E-state index contributed by atoms with van der Waals surface area (Å²) >= 11 is 12.0. The van der Waals surface area contributed by atoms with Gasteiger partial charge in [0.2, 0.25) is 5.91 Å². The van der Waals surface area contributed by atoms with E-state index in [1.807, 2.05) is 73.7 Å². The van der Waals surface area contributed by atoms with Crippen molar-refractivity contribution in [3.05, 3.63) is 112 Å². The maximum absolute atomic E-state index is 12.9. The van der Waals surface area contributed by atoms with Crippen molar-refractivity contribution in [1.29, 1.82) is 0 Å². The summed E-state index contributed by atoms with van der Waals surface area (Å²) in [4.78, 5) is 19.7. The summed E-state index contributed by atoms with van der Waals surface area (Å²) in [6.45, 7) is 6.68. The van der Waals surface area contributed by atoms with Crippen molar-refractivity contribution >= 4 is 40.5 Å². The van der Waals surface area contributed by atoms with Crippen LogP contribution in [0.2, 0.25) is 5.02 Å². The zero-order valence-corrected chi connectivity index (χ0v) is 23.2. The van der Waals surface area contributed by atoms with Gasteiger partial charge in [0.25, 0.3) is 0 Å². The summed E-state index contributed by atoms with van der Waals surface area (Å²) in [5.41, 5.74) is 7.16. The standard InChI is InChI=1S/C30H30ClN5OS/c1-19-8-4-5-9-25(19)33-27(37)15-17-35-29(28(34-30(35)38)26-10-6-7-16-32-26)24-18-20(2)36(21(24)3)23-13-11-22(31)12-14-23/h4-14,16,18,28-29H,15,17H2,1-3H3,(H,33,37)(H,34,38)/t28-,29-/m0/s1. The Morgan fingerprint density at radius 3 is 2.50 bits per heavy atom. The Morgan fingerprint density at radius 2 is 1.79 bits per heavy atom. The molecule has 0 unspecified atom stereocenters. The van der Waals surface area contributed by atoms with Gasteiger partial charge in [0.05, 0.1) is 17.8 Å². The fourth-order valence-corrected chi connectivity index (χ4v) is 5.67. The Balaban J connectivity index is 1.47. The van der Waals surface area contributed by atoms with Crippen molar-refractivity contribution in [1.82, 2.24) is 19.8 Å². The molecule has 2 aromatic heterocycles. The minimum atomic E-state index is -0.151. The second kappa shape index (κ2) is 11.0. The molecule has 5 rings (SSSR count). The number of amides is 1. The number of benzene rings is 2. The second-order valence-corrected chi connectivity index (χ2v) is 10.4. The molecule has 1 fully saturated rings. The summed E-state index contributed by atoms with van der Waals surface area (Å²) < 4.78 is 2.23. The van der Waals surface area contributed by atoms with E-state index in [4.69, 9.17) is 23.8 Å². The number of anilines is 1. The monoisotopic (exact) mass is 543 g/mol. The molecule has 3 heterocycles. The van der Waals surface area contributed by atoms with Gasteiger partial charge in [-0.1, -0.05) is 35.9 Å². The van der Waals surface area contributed by atoms with Crippen LogP contribution in [0.25, 0.3) is 5.69 Å². The number of para-hydroxylation sites is 1. The normalized spacial score (nSPS) is 16.9. The zero-order valence-electron chi connectivity index (χ0n) is 21.6. The minimum absolute atomic E-state index is 0.0474. The van der Waals surface area contributed by atoms with Gasteiger partial charge in [0.1, 0.15) is 0 Å². The Bertz CT molecular complexity index is 1470. The predicted octanol–water partition coefficient (Wildman–Crippen LogP) is 6.45. The molecule has 0 saturated carbocycles. The third-order valence-electron chi connectivity index (χ3n) is 7.07. The van der Waals surface area contributed by atoms with Gasteiger partial charge < -0.3 is 20.1 Å². The van der Waals surface area contributed by atoms with Crippen LogP contribution >= 0.6 is 23.8 Å². The first kappa shape index (κ1) is 25.9. The average molecular weight is 544 g/mol. The highest BCUT2D eigenvalue weighted by Crippen LogP contribution is 2.41. The summed E-state index contributed by atoms with van der Waals surface area (Å²) in [5, 5.41) is 7.85. The quantitative estimate of drug-likeness (QED) is 0.262. The first-order chi connectivity index (χ1) is 18.3. The fraction of sp³-hybridized carbons (Fsp3) is 0.233.